The lowest BCUT2D eigenvalue weighted by atomic mass is 10.0. The Labute approximate surface area is 240 Å². The molecule has 0 aromatic heterocycles. The highest BCUT2D eigenvalue weighted by Crippen LogP contribution is 2.33. The molecule has 0 amide bonds. The molecule has 0 bridgehead atoms. The third-order valence-corrected chi connectivity index (χ3v) is 5.99. The van der Waals surface area contributed by atoms with Crippen LogP contribution in [0, 0.1) is 0 Å². The van der Waals surface area contributed by atoms with Crippen LogP contribution in [0.15, 0.2) is 51.7 Å². The third kappa shape index (κ3) is 11.6. The molecule has 0 spiro atoms. The van der Waals surface area contributed by atoms with Gasteiger partial charge in [-0.1, -0.05) is 0 Å². The molecule has 41 heavy (non-hydrogen) atoms. The zero-order valence-corrected chi connectivity index (χ0v) is 23.5. The van der Waals surface area contributed by atoms with Crippen LogP contribution in [-0.2, 0) is 37.9 Å². The van der Waals surface area contributed by atoms with Gasteiger partial charge in [-0.15, -0.1) is 0 Å². The van der Waals surface area contributed by atoms with Crippen molar-refractivity contribution in [2.75, 3.05) is 106 Å². The maximum atomic E-state index is 6.43. The molecule has 228 valence electrons. The highest BCUT2D eigenvalue weighted by molar-refractivity contribution is 5.51. The second-order valence-corrected chi connectivity index (χ2v) is 9.07. The summed E-state index contributed by atoms with van der Waals surface area (Å²) in [6.45, 7) is 7.13. The van der Waals surface area contributed by atoms with Gasteiger partial charge in [-0.25, -0.2) is 0 Å². The Morgan fingerprint density at radius 3 is 1.61 bits per heavy atom. The van der Waals surface area contributed by atoms with Gasteiger partial charge in [-0.05, 0) is 12.1 Å². The molecule has 0 fully saturated rings. The molecule has 1 aliphatic carbocycles. The lowest BCUT2D eigenvalue weighted by Crippen LogP contribution is -2.27. The van der Waals surface area contributed by atoms with Crippen LogP contribution in [-0.4, -0.2) is 112 Å². The molecule has 0 radical (unpaired) electrons. The van der Waals surface area contributed by atoms with Crippen LogP contribution in [0.3, 0.4) is 0 Å². The van der Waals surface area contributed by atoms with E-state index in [9.17, 15) is 0 Å². The van der Waals surface area contributed by atoms with Crippen molar-refractivity contribution in [1.82, 2.24) is 0 Å². The monoisotopic (exact) mass is 579 g/mol. The van der Waals surface area contributed by atoms with Crippen molar-refractivity contribution in [2.24, 2.45) is 16.0 Å². The molecular weight excluding hydrogens is 538 g/mol. The van der Waals surface area contributed by atoms with Crippen molar-refractivity contribution in [2.45, 2.75) is 12.5 Å². The Hall–Kier alpha value is -2.78. The summed E-state index contributed by atoms with van der Waals surface area (Å²) in [6.07, 6.45) is 2.18. The molecule has 0 saturated heterocycles. The summed E-state index contributed by atoms with van der Waals surface area (Å²) in [5.74, 6) is 2.33. The smallest absolute Gasteiger partial charge is 0.163 e. The van der Waals surface area contributed by atoms with Gasteiger partial charge in [0, 0.05) is 18.6 Å². The minimum atomic E-state index is -0.421. The average Bonchev–Trinajstić information content (AvgIpc) is 2.99. The number of nitrogens with zero attached hydrogens (tertiary/aromatic N) is 2. The Balaban J connectivity index is 1.43. The van der Waals surface area contributed by atoms with E-state index in [2.05, 4.69) is 10.2 Å². The minimum Gasteiger partial charge on any atom is -0.492 e. The van der Waals surface area contributed by atoms with Gasteiger partial charge >= 0.3 is 0 Å². The van der Waals surface area contributed by atoms with Crippen LogP contribution >= 0.6 is 0 Å². The SMILES string of the molecule is NC1CC2=C(C=C1N=Nc1ccc3c(c1)OCCOCCOCCOCCO3)OCCOCCOCCOCCO2. The first-order valence-electron chi connectivity index (χ1n) is 14.0. The summed E-state index contributed by atoms with van der Waals surface area (Å²) >= 11 is 0. The second-order valence-electron chi connectivity index (χ2n) is 9.07. The zero-order chi connectivity index (χ0) is 28.4. The highest BCUT2D eigenvalue weighted by atomic mass is 16.6. The molecule has 0 saturated carbocycles. The Kier molecular flexibility index (Phi) is 14.1. The van der Waals surface area contributed by atoms with Gasteiger partial charge in [0.1, 0.15) is 32.2 Å². The average molecular weight is 580 g/mol. The summed E-state index contributed by atoms with van der Waals surface area (Å²) in [4.78, 5) is 0. The van der Waals surface area contributed by atoms with Crippen LogP contribution in [0.1, 0.15) is 6.42 Å². The highest BCUT2D eigenvalue weighted by Gasteiger charge is 2.23. The van der Waals surface area contributed by atoms with E-state index in [0.29, 0.717) is 147 Å². The van der Waals surface area contributed by atoms with Crippen molar-refractivity contribution < 1.29 is 47.4 Å². The summed E-state index contributed by atoms with van der Waals surface area (Å²) in [7, 11) is 0. The van der Waals surface area contributed by atoms with E-state index in [1.807, 2.05) is 0 Å². The fraction of sp³-hybridized carbons (Fsp3) is 0.643. The standard InChI is InChI=1S/C28H41N3O10/c29-23-20-27-28(41-18-14-37-10-6-33-5-9-36-13-17-40-27)21-24(23)31-30-22-1-2-25-26(19-22)39-16-12-35-8-4-32-3-7-34-11-15-38-25/h1-2,19,21,23H,3-18,20,29H2. The van der Waals surface area contributed by atoms with E-state index in [1.165, 1.54) is 0 Å². The Morgan fingerprint density at radius 1 is 0.537 bits per heavy atom. The summed E-state index contributed by atoms with van der Waals surface area (Å²) in [6, 6.07) is 4.95. The predicted molar refractivity (Wildman–Crippen MR) is 146 cm³/mol. The number of nitrogens with two attached hydrogens (primary N) is 1. The van der Waals surface area contributed by atoms with Gasteiger partial charge < -0.3 is 53.1 Å². The maximum Gasteiger partial charge on any atom is 0.163 e. The first kappa shape index (κ1) is 31.2. The number of allylic oxidation sites excluding steroid dienone is 1. The number of ether oxygens (including phenoxy) is 10. The number of rotatable bonds is 2. The molecule has 2 N–H and O–H groups in total. The number of fused-ring (bicyclic) bond motifs is 1. The Bertz CT molecular complexity index is 1000. The van der Waals surface area contributed by atoms with E-state index in [1.54, 1.807) is 24.3 Å². The van der Waals surface area contributed by atoms with Crippen LogP contribution in [0.5, 0.6) is 11.5 Å². The van der Waals surface area contributed by atoms with E-state index in [4.69, 9.17) is 53.1 Å². The second kappa shape index (κ2) is 18.6. The van der Waals surface area contributed by atoms with Crippen molar-refractivity contribution in [3.05, 3.63) is 41.5 Å². The molecule has 13 nitrogen and oxygen atoms in total. The van der Waals surface area contributed by atoms with Gasteiger partial charge in [0.2, 0.25) is 0 Å². The van der Waals surface area contributed by atoms with Crippen LogP contribution in [0.2, 0.25) is 0 Å². The number of hydrogen-bond acceptors (Lipinski definition) is 13. The van der Waals surface area contributed by atoms with Crippen molar-refractivity contribution >= 4 is 5.69 Å². The molecule has 2 aliphatic heterocycles. The van der Waals surface area contributed by atoms with Crippen LogP contribution < -0.4 is 15.2 Å². The zero-order valence-electron chi connectivity index (χ0n) is 23.5. The molecule has 4 rings (SSSR count). The molecular formula is C28H41N3O10. The summed E-state index contributed by atoms with van der Waals surface area (Å²) < 4.78 is 56.8. The lowest BCUT2D eigenvalue weighted by molar-refractivity contribution is 0.00228. The topological polar surface area (TPSA) is 143 Å². The molecule has 1 atom stereocenters. The number of benzene rings is 1. The lowest BCUT2D eigenvalue weighted by Gasteiger charge is -2.23. The van der Waals surface area contributed by atoms with Gasteiger partial charge in [0.15, 0.2) is 17.3 Å². The molecule has 2 heterocycles. The first-order valence-corrected chi connectivity index (χ1v) is 14.0. The minimum absolute atomic E-state index is 0.346. The molecule has 1 aromatic rings. The van der Waals surface area contributed by atoms with Gasteiger partial charge in [-0.2, -0.15) is 10.2 Å². The molecule has 3 aliphatic rings. The van der Waals surface area contributed by atoms with Gasteiger partial charge in [0.05, 0.1) is 96.7 Å². The normalized spacial score (nSPS) is 23.4. The third-order valence-electron chi connectivity index (χ3n) is 5.99. The van der Waals surface area contributed by atoms with Crippen molar-refractivity contribution in [3.63, 3.8) is 0 Å². The van der Waals surface area contributed by atoms with E-state index in [-0.39, 0.29) is 0 Å². The molecule has 1 aromatic carbocycles. The predicted octanol–water partition coefficient (Wildman–Crippen LogP) is 2.51. The number of azo groups is 1. The summed E-state index contributed by atoms with van der Waals surface area (Å²) in [5, 5.41) is 8.87. The number of hydrogen-bond donors (Lipinski definition) is 1. The van der Waals surface area contributed by atoms with Gasteiger partial charge in [0.25, 0.3) is 0 Å². The van der Waals surface area contributed by atoms with Crippen molar-refractivity contribution in [3.8, 4) is 11.5 Å². The van der Waals surface area contributed by atoms with E-state index >= 15 is 0 Å². The fourth-order valence-corrected chi connectivity index (χ4v) is 3.93. The fourth-order valence-electron chi connectivity index (χ4n) is 3.93. The molecule has 1 unspecified atom stereocenters. The summed E-state index contributed by atoms with van der Waals surface area (Å²) in [5.41, 5.74) is 7.58. The van der Waals surface area contributed by atoms with E-state index < -0.39 is 6.04 Å². The van der Waals surface area contributed by atoms with Gasteiger partial charge in [-0.3, -0.25) is 0 Å². The largest absolute Gasteiger partial charge is 0.492 e. The molecule has 13 heteroatoms. The van der Waals surface area contributed by atoms with Crippen LogP contribution in [0.25, 0.3) is 0 Å². The Morgan fingerprint density at radius 2 is 1.02 bits per heavy atom. The van der Waals surface area contributed by atoms with Crippen molar-refractivity contribution in [1.29, 1.82) is 0 Å². The van der Waals surface area contributed by atoms with Crippen LogP contribution in [0.4, 0.5) is 5.69 Å². The quantitative estimate of drug-likeness (QED) is 0.516. The maximum absolute atomic E-state index is 6.43. The first-order chi connectivity index (χ1) is 20.3. The van der Waals surface area contributed by atoms with E-state index in [0.717, 1.165) is 0 Å².